The van der Waals surface area contributed by atoms with Crippen LogP contribution in [0.5, 0.6) is 0 Å². The van der Waals surface area contributed by atoms with Crippen molar-refractivity contribution in [3.05, 3.63) is 60.2 Å². The van der Waals surface area contributed by atoms with Crippen molar-refractivity contribution in [3.63, 3.8) is 0 Å². The van der Waals surface area contributed by atoms with Crippen LogP contribution in [0.1, 0.15) is 18.4 Å². The highest BCUT2D eigenvalue weighted by atomic mass is 16.7. The SMILES string of the molecule is C#CCOCCOCCO[C@@]1(C(=O)O)CC[C@@H](NC(=O)CO)[C@H]([C@H](O)[C@H](O)CNC(=O)Cc2ccc(-c3ccccc3)cc2)O1. The largest absolute Gasteiger partial charge is 0.477 e. The van der Waals surface area contributed by atoms with Gasteiger partial charge in [-0.15, -0.1) is 6.42 Å². The van der Waals surface area contributed by atoms with Gasteiger partial charge < -0.3 is 50.0 Å². The second kappa shape index (κ2) is 18.2. The van der Waals surface area contributed by atoms with E-state index in [1.54, 1.807) is 0 Å². The van der Waals surface area contributed by atoms with Crippen LogP contribution in [0.15, 0.2) is 54.6 Å². The summed E-state index contributed by atoms with van der Waals surface area (Å²) in [6.45, 7) is -0.875. The Hall–Kier alpha value is -3.87. The molecule has 5 atom stereocenters. The van der Waals surface area contributed by atoms with Crippen LogP contribution >= 0.6 is 0 Å². The fourth-order valence-electron chi connectivity index (χ4n) is 4.78. The summed E-state index contributed by atoms with van der Waals surface area (Å²) in [6, 6.07) is 16.2. The number of aliphatic hydroxyl groups is 3. The molecule has 3 rings (SSSR count). The molecule has 0 aromatic heterocycles. The number of carbonyl (C=O) groups is 3. The standard InChI is InChI=1S/C32H40N2O11/c1-2-14-42-15-16-43-17-18-44-32(31(40)41)13-12-25(34-28(38)21-35)30(45-32)29(39)26(36)20-33-27(37)19-22-8-10-24(11-9-22)23-6-4-3-5-7-23/h1,3-11,25-26,29-30,35-36,39H,12-21H2,(H,33,37)(H,34,38)(H,40,41)/t25-,26-,29-,30-,32+/m1/s1. The predicted molar refractivity (Wildman–Crippen MR) is 161 cm³/mol. The number of carboxylic acid groups (broad SMARTS) is 1. The average Bonchev–Trinajstić information content (AvgIpc) is 3.05. The van der Waals surface area contributed by atoms with Crippen LogP contribution in [0, 0.1) is 12.3 Å². The van der Waals surface area contributed by atoms with Crippen molar-refractivity contribution in [3.8, 4) is 23.5 Å². The molecule has 0 spiro atoms. The van der Waals surface area contributed by atoms with Gasteiger partial charge in [0.05, 0.1) is 45.0 Å². The molecule has 1 heterocycles. The van der Waals surface area contributed by atoms with Crippen molar-refractivity contribution in [2.75, 3.05) is 46.2 Å². The van der Waals surface area contributed by atoms with Gasteiger partial charge in [0.25, 0.3) is 5.79 Å². The summed E-state index contributed by atoms with van der Waals surface area (Å²) in [5.41, 5.74) is 2.77. The molecule has 1 aliphatic rings. The minimum absolute atomic E-state index is 0.000655. The zero-order valence-electron chi connectivity index (χ0n) is 24.8. The molecule has 0 unspecified atom stereocenters. The van der Waals surface area contributed by atoms with Crippen LogP contribution in [-0.2, 0) is 39.8 Å². The van der Waals surface area contributed by atoms with E-state index in [2.05, 4.69) is 16.6 Å². The Morgan fingerprint density at radius 1 is 0.978 bits per heavy atom. The third-order valence-corrected chi connectivity index (χ3v) is 7.11. The number of hydrogen-bond acceptors (Lipinski definition) is 10. The van der Waals surface area contributed by atoms with E-state index in [0.717, 1.165) is 16.7 Å². The van der Waals surface area contributed by atoms with Crippen molar-refractivity contribution in [2.24, 2.45) is 0 Å². The summed E-state index contributed by atoms with van der Waals surface area (Å²) < 4.78 is 21.7. The summed E-state index contributed by atoms with van der Waals surface area (Å²) in [5, 5.41) is 46.0. The molecule has 1 fully saturated rings. The molecular weight excluding hydrogens is 588 g/mol. The molecule has 2 amide bonds. The van der Waals surface area contributed by atoms with E-state index in [4.69, 9.17) is 25.4 Å². The topological polar surface area (TPSA) is 193 Å². The minimum atomic E-state index is -2.22. The van der Waals surface area contributed by atoms with Crippen LogP contribution in [0.2, 0.25) is 0 Å². The number of aliphatic hydroxyl groups excluding tert-OH is 3. The fraction of sp³-hybridized carbons (Fsp3) is 0.469. The third-order valence-electron chi connectivity index (χ3n) is 7.11. The van der Waals surface area contributed by atoms with Crippen molar-refractivity contribution in [2.45, 2.75) is 49.4 Å². The summed E-state index contributed by atoms with van der Waals surface area (Å²) >= 11 is 0. The van der Waals surface area contributed by atoms with Gasteiger partial charge in [0.1, 0.15) is 25.4 Å². The minimum Gasteiger partial charge on any atom is -0.477 e. The molecule has 0 aliphatic carbocycles. The number of hydrogen-bond donors (Lipinski definition) is 6. The molecule has 0 radical (unpaired) electrons. The Morgan fingerprint density at radius 2 is 1.64 bits per heavy atom. The maximum absolute atomic E-state index is 12.6. The van der Waals surface area contributed by atoms with Gasteiger partial charge in [0.15, 0.2) is 0 Å². The van der Waals surface area contributed by atoms with Gasteiger partial charge in [-0.05, 0) is 23.1 Å². The number of rotatable bonds is 18. The first-order valence-corrected chi connectivity index (χ1v) is 14.5. The fourth-order valence-corrected chi connectivity index (χ4v) is 4.78. The number of carboxylic acids is 1. The normalized spacial score (nSPS) is 20.8. The summed E-state index contributed by atoms with van der Waals surface area (Å²) in [5.74, 6) is -2.59. The highest BCUT2D eigenvalue weighted by Gasteiger charge is 2.52. The lowest BCUT2D eigenvalue weighted by molar-refractivity contribution is -0.298. The first-order valence-electron chi connectivity index (χ1n) is 14.5. The Bertz CT molecular complexity index is 1270. The van der Waals surface area contributed by atoms with Crippen LogP contribution < -0.4 is 10.6 Å². The molecule has 2 aromatic carbocycles. The Balaban J connectivity index is 1.58. The number of amides is 2. The molecule has 244 valence electrons. The summed E-state index contributed by atoms with van der Waals surface area (Å²) in [6.07, 6.45) is 0.0270. The number of terminal acetylenes is 1. The van der Waals surface area contributed by atoms with Gasteiger partial charge >= 0.3 is 5.97 Å². The van der Waals surface area contributed by atoms with E-state index < -0.39 is 54.5 Å². The van der Waals surface area contributed by atoms with Crippen LogP contribution in [0.25, 0.3) is 11.1 Å². The molecule has 1 aliphatic heterocycles. The molecule has 13 nitrogen and oxygen atoms in total. The first-order chi connectivity index (χ1) is 21.7. The quantitative estimate of drug-likeness (QED) is 0.0950. The van der Waals surface area contributed by atoms with Gasteiger partial charge in [-0.1, -0.05) is 60.5 Å². The van der Waals surface area contributed by atoms with E-state index >= 15 is 0 Å². The zero-order chi connectivity index (χ0) is 32.7. The van der Waals surface area contributed by atoms with Gasteiger partial charge in [-0.25, -0.2) is 4.79 Å². The van der Waals surface area contributed by atoms with Crippen molar-refractivity contribution in [1.29, 1.82) is 0 Å². The smallest absolute Gasteiger partial charge is 0.364 e. The molecule has 6 N–H and O–H groups in total. The Morgan fingerprint density at radius 3 is 2.31 bits per heavy atom. The van der Waals surface area contributed by atoms with Crippen molar-refractivity contribution < 1.29 is 53.8 Å². The van der Waals surface area contributed by atoms with Crippen molar-refractivity contribution >= 4 is 17.8 Å². The molecule has 13 heteroatoms. The number of nitrogens with one attached hydrogen (secondary N) is 2. The molecule has 0 bridgehead atoms. The maximum Gasteiger partial charge on any atom is 0.364 e. The molecule has 2 aromatic rings. The van der Waals surface area contributed by atoms with Gasteiger partial charge in [0, 0.05) is 13.0 Å². The Labute approximate surface area is 261 Å². The van der Waals surface area contributed by atoms with Crippen LogP contribution in [0.4, 0.5) is 0 Å². The Kier molecular flexibility index (Phi) is 14.4. The van der Waals surface area contributed by atoms with E-state index in [-0.39, 0.29) is 58.8 Å². The number of ether oxygens (including phenoxy) is 4. The second-order valence-corrected chi connectivity index (χ2v) is 10.3. The van der Waals surface area contributed by atoms with Crippen LogP contribution in [0.3, 0.4) is 0 Å². The molecule has 1 saturated heterocycles. The lowest BCUT2D eigenvalue weighted by Crippen LogP contribution is -2.63. The third kappa shape index (κ3) is 10.9. The number of aliphatic carboxylic acids is 1. The summed E-state index contributed by atoms with van der Waals surface area (Å²) in [4.78, 5) is 36.8. The van der Waals surface area contributed by atoms with E-state index in [0.29, 0.717) is 0 Å². The van der Waals surface area contributed by atoms with E-state index in [9.17, 15) is 34.8 Å². The number of benzene rings is 2. The van der Waals surface area contributed by atoms with Crippen LogP contribution in [-0.4, -0.2) is 115 Å². The molecule has 0 saturated carbocycles. The highest BCUT2D eigenvalue weighted by Crippen LogP contribution is 2.33. The van der Waals surface area contributed by atoms with Gasteiger partial charge in [-0.3, -0.25) is 9.59 Å². The molecule has 45 heavy (non-hydrogen) atoms. The van der Waals surface area contributed by atoms with E-state index in [1.165, 1.54) is 0 Å². The zero-order valence-corrected chi connectivity index (χ0v) is 24.8. The first kappa shape index (κ1) is 35.6. The lowest BCUT2D eigenvalue weighted by Gasteiger charge is -2.44. The maximum atomic E-state index is 12.6. The lowest BCUT2D eigenvalue weighted by atomic mass is 9.90. The van der Waals surface area contributed by atoms with Gasteiger partial charge in [0.2, 0.25) is 11.8 Å². The predicted octanol–water partition coefficient (Wildman–Crippen LogP) is -0.146. The monoisotopic (exact) mass is 628 g/mol. The molecular formula is C32H40N2O11. The van der Waals surface area contributed by atoms with Gasteiger partial charge in [-0.2, -0.15) is 0 Å². The van der Waals surface area contributed by atoms with E-state index in [1.807, 2.05) is 54.6 Å². The average molecular weight is 629 g/mol. The summed E-state index contributed by atoms with van der Waals surface area (Å²) in [7, 11) is 0. The highest BCUT2D eigenvalue weighted by molar-refractivity contribution is 5.79. The second-order valence-electron chi connectivity index (χ2n) is 10.3. The number of carbonyl (C=O) groups excluding carboxylic acids is 2. The van der Waals surface area contributed by atoms with Crippen molar-refractivity contribution in [1.82, 2.24) is 10.6 Å².